The number of rotatable bonds is 5. The Kier molecular flexibility index (Phi) is 6.69. The Morgan fingerprint density at radius 1 is 1.15 bits per heavy atom. The molecule has 2 amide bonds. The van der Waals surface area contributed by atoms with Crippen LogP contribution in [0.15, 0.2) is 73.4 Å². The van der Waals surface area contributed by atoms with Crippen molar-refractivity contribution in [2.24, 2.45) is 11.5 Å². The molecule has 4 aromatic rings. The Morgan fingerprint density at radius 2 is 1.93 bits per heavy atom. The first-order valence-corrected chi connectivity index (χ1v) is 14.2. The molecule has 41 heavy (non-hydrogen) atoms. The molecule has 0 saturated carbocycles. The van der Waals surface area contributed by atoms with Crippen LogP contribution in [0, 0.1) is 0 Å². The molecule has 0 bridgehead atoms. The number of nitrogens with zero attached hydrogens (tertiary/aromatic N) is 2. The molecule has 0 spiro atoms. The van der Waals surface area contributed by atoms with Gasteiger partial charge in [0, 0.05) is 42.0 Å². The van der Waals surface area contributed by atoms with E-state index in [1.165, 1.54) is 17.4 Å². The Morgan fingerprint density at radius 3 is 2.68 bits per heavy atom. The lowest BCUT2D eigenvalue weighted by Gasteiger charge is -2.36. The maximum atomic E-state index is 14.1. The monoisotopic (exact) mass is 566 g/mol. The van der Waals surface area contributed by atoms with E-state index >= 15 is 0 Å². The third-order valence-corrected chi connectivity index (χ3v) is 9.29. The minimum atomic E-state index is -1.65. The highest BCUT2D eigenvalue weighted by Crippen LogP contribution is 2.49. The molecule has 1 aliphatic carbocycles. The number of nitrogens with two attached hydrogens (primary N) is 3. The van der Waals surface area contributed by atoms with Crippen molar-refractivity contribution in [3.63, 3.8) is 0 Å². The van der Waals surface area contributed by atoms with Gasteiger partial charge in [-0.1, -0.05) is 43.0 Å². The van der Waals surface area contributed by atoms with E-state index in [1.54, 1.807) is 23.2 Å². The lowest BCUT2D eigenvalue weighted by molar-refractivity contribution is -0.127. The molecule has 3 unspecified atom stereocenters. The molecule has 2 aliphatic rings. The van der Waals surface area contributed by atoms with Crippen molar-refractivity contribution >= 4 is 44.7 Å². The first-order valence-electron chi connectivity index (χ1n) is 13.4. The number of nitrogens with one attached hydrogen (secondary N) is 1. The highest BCUT2D eigenvalue weighted by Gasteiger charge is 2.49. The number of nitrogen functional groups attached to an aromatic ring is 1. The van der Waals surface area contributed by atoms with E-state index in [9.17, 15) is 14.4 Å². The predicted octanol–water partition coefficient (Wildman–Crippen LogP) is 3.24. The SMILES string of the molecule is C=CC(=O)N1CCCC(NC(=O)c2sc3c(N)ccc4c3c2C(N)C(=O)C4(N)c2cc(-c3ccccc3)ccn2)C1. The van der Waals surface area contributed by atoms with Crippen LogP contribution in [0.25, 0.3) is 21.2 Å². The summed E-state index contributed by atoms with van der Waals surface area (Å²) in [5, 5.41) is 3.67. The Hall–Kier alpha value is -4.38. The summed E-state index contributed by atoms with van der Waals surface area (Å²) in [6, 6.07) is 15.4. The summed E-state index contributed by atoms with van der Waals surface area (Å²) in [7, 11) is 0. The average Bonchev–Trinajstić information content (AvgIpc) is 3.42. The van der Waals surface area contributed by atoms with Crippen molar-refractivity contribution in [2.75, 3.05) is 18.8 Å². The summed E-state index contributed by atoms with van der Waals surface area (Å²) in [5.74, 6) is -0.988. The number of benzene rings is 2. The normalized spacial score (nSPS) is 22.0. The number of likely N-dealkylation sites (tertiary alicyclic amines) is 1. The van der Waals surface area contributed by atoms with Crippen LogP contribution in [0.1, 0.15) is 45.4 Å². The summed E-state index contributed by atoms with van der Waals surface area (Å²) in [6.07, 6.45) is 4.38. The second-order valence-corrected chi connectivity index (χ2v) is 11.5. The molecule has 0 radical (unpaired) electrons. The zero-order valence-electron chi connectivity index (χ0n) is 22.3. The van der Waals surface area contributed by atoms with Gasteiger partial charge >= 0.3 is 0 Å². The van der Waals surface area contributed by atoms with E-state index in [1.807, 2.05) is 42.5 Å². The number of carbonyl (C=O) groups excluding carboxylic acids is 3. The first-order chi connectivity index (χ1) is 19.7. The van der Waals surface area contributed by atoms with Gasteiger partial charge in [0.15, 0.2) is 5.78 Å². The van der Waals surface area contributed by atoms with Gasteiger partial charge in [-0.3, -0.25) is 19.4 Å². The summed E-state index contributed by atoms with van der Waals surface area (Å²) in [5.41, 5.74) is 21.9. The fourth-order valence-corrected chi connectivity index (χ4v) is 7.15. The number of anilines is 1. The van der Waals surface area contributed by atoms with Crippen LogP contribution in [0.2, 0.25) is 0 Å². The van der Waals surface area contributed by atoms with E-state index in [-0.39, 0.29) is 17.9 Å². The number of pyridine rings is 1. The quantitative estimate of drug-likeness (QED) is 0.213. The van der Waals surface area contributed by atoms with Crippen molar-refractivity contribution in [2.45, 2.75) is 30.5 Å². The van der Waals surface area contributed by atoms with Crippen LogP contribution in [0.3, 0.4) is 0 Å². The molecule has 9 nitrogen and oxygen atoms in total. The fourth-order valence-electron chi connectivity index (χ4n) is 5.95. The Balaban J connectivity index is 1.43. The molecule has 10 heteroatoms. The number of hydrogen-bond donors (Lipinski definition) is 4. The number of piperidine rings is 1. The number of carbonyl (C=O) groups is 3. The Labute approximate surface area is 241 Å². The fraction of sp³-hybridized carbons (Fsp3) is 0.226. The molecular weight excluding hydrogens is 536 g/mol. The molecule has 208 valence electrons. The summed E-state index contributed by atoms with van der Waals surface area (Å²) in [6.45, 7) is 4.55. The zero-order valence-corrected chi connectivity index (χ0v) is 23.1. The minimum Gasteiger partial charge on any atom is -0.398 e. The van der Waals surface area contributed by atoms with Gasteiger partial charge in [-0.25, -0.2) is 0 Å². The van der Waals surface area contributed by atoms with Gasteiger partial charge in [0.1, 0.15) is 5.54 Å². The van der Waals surface area contributed by atoms with Gasteiger partial charge in [0.25, 0.3) is 5.91 Å². The topological polar surface area (TPSA) is 157 Å². The minimum absolute atomic E-state index is 0.171. The maximum absolute atomic E-state index is 14.1. The van der Waals surface area contributed by atoms with Crippen molar-refractivity contribution in [1.29, 1.82) is 0 Å². The van der Waals surface area contributed by atoms with E-state index in [0.29, 0.717) is 50.6 Å². The van der Waals surface area contributed by atoms with Gasteiger partial charge in [-0.15, -0.1) is 11.3 Å². The molecule has 7 N–H and O–H groups in total. The average molecular weight is 567 g/mol. The standard InChI is InChI=1S/C31H30N6O3S/c1-2-23(38)37-14-6-9-19(16-37)36-30(40)28-25-24-20(10-11-21(32)27(24)41-28)31(34,29(39)26(25)33)22-15-18(12-13-35-22)17-7-4-3-5-8-17/h2-5,7-8,10-13,15,19,26H,1,6,9,14,16,32-34H2,(H,36,40). The van der Waals surface area contributed by atoms with Crippen LogP contribution >= 0.6 is 11.3 Å². The molecule has 3 atom stereocenters. The number of Topliss-reactive ketones (excluding diaryl/α,β-unsaturated/α-hetero) is 1. The second-order valence-electron chi connectivity index (χ2n) is 10.5. The number of hydrogen-bond acceptors (Lipinski definition) is 8. The summed E-state index contributed by atoms with van der Waals surface area (Å²) >= 11 is 1.20. The number of ketones is 1. The predicted molar refractivity (Wildman–Crippen MR) is 160 cm³/mol. The smallest absolute Gasteiger partial charge is 0.262 e. The van der Waals surface area contributed by atoms with Crippen LogP contribution in [0.5, 0.6) is 0 Å². The lowest BCUT2D eigenvalue weighted by Crippen LogP contribution is -2.53. The third-order valence-electron chi connectivity index (χ3n) is 8.03. The molecule has 1 aliphatic heterocycles. The highest BCUT2D eigenvalue weighted by atomic mass is 32.1. The van der Waals surface area contributed by atoms with E-state index in [4.69, 9.17) is 17.2 Å². The lowest BCUT2D eigenvalue weighted by atomic mass is 9.72. The van der Waals surface area contributed by atoms with Crippen molar-refractivity contribution < 1.29 is 14.4 Å². The molecule has 6 rings (SSSR count). The van der Waals surface area contributed by atoms with E-state index < -0.39 is 17.4 Å². The van der Waals surface area contributed by atoms with Crippen molar-refractivity contribution in [3.8, 4) is 11.1 Å². The van der Waals surface area contributed by atoms with Crippen LogP contribution in [-0.4, -0.2) is 46.6 Å². The van der Waals surface area contributed by atoms with Gasteiger partial charge in [-0.05, 0) is 53.8 Å². The molecule has 1 saturated heterocycles. The van der Waals surface area contributed by atoms with Gasteiger partial charge in [-0.2, -0.15) is 0 Å². The third kappa shape index (κ3) is 4.31. The molecule has 2 aromatic heterocycles. The van der Waals surface area contributed by atoms with Gasteiger partial charge in [0.2, 0.25) is 5.91 Å². The molecular formula is C31H30N6O3S. The Bertz CT molecular complexity index is 1720. The summed E-state index contributed by atoms with van der Waals surface area (Å²) in [4.78, 5) is 46.4. The molecule has 1 fully saturated rings. The second kappa shape index (κ2) is 10.2. The van der Waals surface area contributed by atoms with Gasteiger partial charge in [0.05, 0.1) is 21.3 Å². The van der Waals surface area contributed by atoms with Crippen LogP contribution < -0.4 is 22.5 Å². The number of amides is 2. The van der Waals surface area contributed by atoms with Crippen molar-refractivity contribution in [1.82, 2.24) is 15.2 Å². The first kappa shape index (κ1) is 26.8. The van der Waals surface area contributed by atoms with Crippen molar-refractivity contribution in [3.05, 3.63) is 95.1 Å². The number of aromatic nitrogens is 1. The highest BCUT2D eigenvalue weighted by molar-refractivity contribution is 7.21. The summed E-state index contributed by atoms with van der Waals surface area (Å²) < 4.78 is 0.645. The van der Waals surface area contributed by atoms with Crippen LogP contribution in [0.4, 0.5) is 5.69 Å². The number of thiophene rings is 1. The van der Waals surface area contributed by atoms with E-state index in [2.05, 4.69) is 16.9 Å². The maximum Gasteiger partial charge on any atom is 0.262 e. The van der Waals surface area contributed by atoms with Crippen LogP contribution in [-0.2, 0) is 15.1 Å². The van der Waals surface area contributed by atoms with Gasteiger partial charge < -0.3 is 27.4 Å². The molecule has 3 heterocycles. The zero-order chi connectivity index (χ0) is 28.9. The largest absolute Gasteiger partial charge is 0.398 e. The molecule has 2 aromatic carbocycles. The van der Waals surface area contributed by atoms with E-state index in [0.717, 1.165) is 24.0 Å².